The van der Waals surface area contributed by atoms with E-state index in [-0.39, 0.29) is 17.1 Å². The number of rotatable bonds is 3. The van der Waals surface area contributed by atoms with Gasteiger partial charge < -0.3 is 16.4 Å². The largest absolute Gasteiger partial charge is 0.389 e. The molecule has 0 spiro atoms. The van der Waals surface area contributed by atoms with Crippen LogP contribution in [0.4, 0.5) is 10.5 Å². The van der Waals surface area contributed by atoms with Gasteiger partial charge >= 0.3 is 6.03 Å². The number of benzene rings is 1. The monoisotopic (exact) mass is 271 g/mol. The number of amides is 2. The first-order valence-electron chi connectivity index (χ1n) is 5.07. The number of anilines is 1. The van der Waals surface area contributed by atoms with Crippen molar-refractivity contribution in [3.63, 3.8) is 0 Å². The van der Waals surface area contributed by atoms with Gasteiger partial charge in [0.25, 0.3) is 0 Å². The van der Waals surface area contributed by atoms with Crippen LogP contribution in [-0.4, -0.2) is 17.1 Å². The van der Waals surface area contributed by atoms with E-state index in [1.807, 2.05) is 13.8 Å². The Bertz CT molecular complexity index is 448. The molecule has 4 nitrogen and oxygen atoms in total. The van der Waals surface area contributed by atoms with Crippen LogP contribution in [0.15, 0.2) is 18.2 Å². The van der Waals surface area contributed by atoms with Crippen molar-refractivity contribution in [2.45, 2.75) is 19.9 Å². The zero-order valence-electron chi connectivity index (χ0n) is 9.58. The van der Waals surface area contributed by atoms with Crippen LogP contribution in [0.25, 0.3) is 0 Å². The van der Waals surface area contributed by atoms with Crippen molar-refractivity contribution >= 4 is 40.5 Å². The third-order valence-electron chi connectivity index (χ3n) is 1.92. The second kappa shape index (κ2) is 5.84. The first-order valence-corrected chi connectivity index (χ1v) is 5.85. The Hall–Kier alpha value is -1.33. The van der Waals surface area contributed by atoms with E-state index in [0.29, 0.717) is 16.3 Å². The molecule has 17 heavy (non-hydrogen) atoms. The van der Waals surface area contributed by atoms with E-state index in [0.717, 1.165) is 0 Å². The highest BCUT2D eigenvalue weighted by molar-refractivity contribution is 7.80. The summed E-state index contributed by atoms with van der Waals surface area (Å²) in [7, 11) is 0. The fourth-order valence-electron chi connectivity index (χ4n) is 1.19. The molecule has 0 aliphatic carbocycles. The molecular formula is C11H14ClN3OS. The SMILES string of the molecule is CC(C)NC(=O)Nc1ccc(C(N)=S)cc1Cl. The van der Waals surface area contributed by atoms with Gasteiger partial charge in [-0.05, 0) is 32.0 Å². The van der Waals surface area contributed by atoms with E-state index >= 15 is 0 Å². The molecule has 0 radical (unpaired) electrons. The van der Waals surface area contributed by atoms with Crippen LogP contribution in [0, 0.1) is 0 Å². The Balaban J connectivity index is 2.79. The van der Waals surface area contributed by atoms with Gasteiger partial charge in [-0.2, -0.15) is 0 Å². The third-order valence-corrected chi connectivity index (χ3v) is 2.47. The molecule has 1 rings (SSSR count). The van der Waals surface area contributed by atoms with Crippen molar-refractivity contribution in [2.75, 3.05) is 5.32 Å². The van der Waals surface area contributed by atoms with Gasteiger partial charge in [-0.15, -0.1) is 0 Å². The Kier molecular flexibility index (Phi) is 4.72. The minimum atomic E-state index is -0.301. The zero-order valence-corrected chi connectivity index (χ0v) is 11.2. The van der Waals surface area contributed by atoms with Crippen LogP contribution in [-0.2, 0) is 0 Å². The Labute approximate surface area is 111 Å². The van der Waals surface area contributed by atoms with Crippen molar-refractivity contribution in [3.8, 4) is 0 Å². The minimum Gasteiger partial charge on any atom is -0.389 e. The van der Waals surface area contributed by atoms with Crippen LogP contribution >= 0.6 is 23.8 Å². The maximum atomic E-state index is 11.5. The van der Waals surface area contributed by atoms with Crippen LogP contribution < -0.4 is 16.4 Å². The Morgan fingerprint density at radius 2 is 2.12 bits per heavy atom. The molecule has 1 aromatic carbocycles. The first-order chi connectivity index (χ1) is 7.90. The van der Waals surface area contributed by atoms with Gasteiger partial charge in [0.15, 0.2) is 0 Å². The molecule has 0 bridgehead atoms. The van der Waals surface area contributed by atoms with E-state index in [9.17, 15) is 4.79 Å². The molecule has 6 heteroatoms. The first kappa shape index (κ1) is 13.7. The van der Waals surface area contributed by atoms with Crippen molar-refractivity contribution in [1.29, 1.82) is 0 Å². The van der Waals surface area contributed by atoms with Crippen LogP contribution in [0.1, 0.15) is 19.4 Å². The summed E-state index contributed by atoms with van der Waals surface area (Å²) in [6.07, 6.45) is 0. The lowest BCUT2D eigenvalue weighted by Gasteiger charge is -2.11. The van der Waals surface area contributed by atoms with Crippen molar-refractivity contribution in [1.82, 2.24) is 5.32 Å². The van der Waals surface area contributed by atoms with E-state index in [1.54, 1.807) is 18.2 Å². The molecule has 0 fully saturated rings. The van der Waals surface area contributed by atoms with E-state index in [4.69, 9.17) is 29.6 Å². The van der Waals surface area contributed by atoms with E-state index in [2.05, 4.69) is 10.6 Å². The quantitative estimate of drug-likeness (QED) is 0.740. The Morgan fingerprint density at radius 3 is 2.59 bits per heavy atom. The molecule has 0 aliphatic heterocycles. The number of halogens is 1. The van der Waals surface area contributed by atoms with Crippen molar-refractivity contribution in [3.05, 3.63) is 28.8 Å². The summed E-state index contributed by atoms with van der Waals surface area (Å²) < 4.78 is 0. The highest BCUT2D eigenvalue weighted by Crippen LogP contribution is 2.22. The zero-order chi connectivity index (χ0) is 13.0. The summed E-state index contributed by atoms with van der Waals surface area (Å²) in [6.45, 7) is 3.74. The Morgan fingerprint density at radius 1 is 1.47 bits per heavy atom. The number of nitrogens with one attached hydrogen (secondary N) is 2. The molecule has 0 aliphatic rings. The predicted octanol–water partition coefficient (Wildman–Crippen LogP) is 2.50. The second-order valence-corrected chi connectivity index (χ2v) is 4.66. The summed E-state index contributed by atoms with van der Waals surface area (Å²) in [5, 5.41) is 5.74. The van der Waals surface area contributed by atoms with Gasteiger partial charge in [0.1, 0.15) is 4.99 Å². The molecule has 0 saturated carbocycles. The summed E-state index contributed by atoms with van der Waals surface area (Å²) >= 11 is 10.8. The fraction of sp³-hybridized carbons (Fsp3) is 0.273. The molecule has 0 heterocycles. The average molecular weight is 272 g/mol. The second-order valence-electron chi connectivity index (χ2n) is 3.81. The molecule has 2 amide bonds. The lowest BCUT2D eigenvalue weighted by atomic mass is 10.2. The average Bonchev–Trinajstić information content (AvgIpc) is 2.19. The molecular weight excluding hydrogens is 258 g/mol. The van der Waals surface area contributed by atoms with Gasteiger partial charge in [-0.1, -0.05) is 23.8 Å². The number of carbonyl (C=O) groups is 1. The number of urea groups is 1. The smallest absolute Gasteiger partial charge is 0.319 e. The maximum Gasteiger partial charge on any atom is 0.319 e. The van der Waals surface area contributed by atoms with Gasteiger partial charge in [0.05, 0.1) is 10.7 Å². The normalized spacial score (nSPS) is 10.1. The lowest BCUT2D eigenvalue weighted by Crippen LogP contribution is -2.34. The van der Waals surface area contributed by atoms with Crippen LogP contribution in [0.5, 0.6) is 0 Å². The number of nitrogens with two attached hydrogens (primary N) is 1. The molecule has 0 atom stereocenters. The summed E-state index contributed by atoms with van der Waals surface area (Å²) in [5.74, 6) is 0. The number of carbonyl (C=O) groups excluding carboxylic acids is 1. The number of thiocarbonyl (C=S) groups is 1. The standard InChI is InChI=1S/C11H14ClN3OS/c1-6(2)14-11(16)15-9-4-3-7(10(13)17)5-8(9)12/h3-6H,1-2H3,(H2,13,17)(H2,14,15,16). The van der Waals surface area contributed by atoms with Gasteiger partial charge in [-0.25, -0.2) is 4.79 Å². The molecule has 0 aromatic heterocycles. The van der Waals surface area contributed by atoms with Gasteiger partial charge in [0.2, 0.25) is 0 Å². The highest BCUT2D eigenvalue weighted by Gasteiger charge is 2.07. The topological polar surface area (TPSA) is 67.2 Å². The van der Waals surface area contributed by atoms with Crippen molar-refractivity contribution in [2.24, 2.45) is 5.73 Å². The maximum absolute atomic E-state index is 11.5. The molecule has 0 unspecified atom stereocenters. The van der Waals surface area contributed by atoms with Gasteiger partial charge in [0, 0.05) is 11.6 Å². The summed E-state index contributed by atoms with van der Waals surface area (Å²) in [6, 6.07) is 4.75. The number of hydrogen-bond acceptors (Lipinski definition) is 2. The minimum absolute atomic E-state index is 0.0599. The van der Waals surface area contributed by atoms with Crippen LogP contribution in [0.3, 0.4) is 0 Å². The fourth-order valence-corrected chi connectivity index (χ4v) is 1.55. The molecule has 92 valence electrons. The van der Waals surface area contributed by atoms with Gasteiger partial charge in [-0.3, -0.25) is 0 Å². The predicted molar refractivity (Wildman–Crippen MR) is 74.6 cm³/mol. The number of hydrogen-bond donors (Lipinski definition) is 3. The summed E-state index contributed by atoms with van der Waals surface area (Å²) in [4.78, 5) is 11.7. The molecule has 4 N–H and O–H groups in total. The lowest BCUT2D eigenvalue weighted by molar-refractivity contribution is 0.250. The van der Waals surface area contributed by atoms with E-state index < -0.39 is 0 Å². The van der Waals surface area contributed by atoms with Crippen LogP contribution in [0.2, 0.25) is 5.02 Å². The highest BCUT2D eigenvalue weighted by atomic mass is 35.5. The van der Waals surface area contributed by atoms with Crippen molar-refractivity contribution < 1.29 is 4.79 Å². The van der Waals surface area contributed by atoms with E-state index in [1.165, 1.54) is 0 Å². The molecule has 1 aromatic rings. The third kappa shape index (κ3) is 4.20. The molecule has 0 saturated heterocycles. The summed E-state index contributed by atoms with van der Waals surface area (Å²) in [5.41, 5.74) is 6.66.